The van der Waals surface area contributed by atoms with E-state index < -0.39 is 36.8 Å². The second-order valence-electron chi connectivity index (χ2n) is 7.35. The lowest BCUT2D eigenvalue weighted by atomic mass is 9.89. The molecule has 0 aromatic heterocycles. The molecule has 0 fully saturated rings. The highest BCUT2D eigenvalue weighted by atomic mass is 19.1. The largest absolute Gasteiger partial charge is 0.454 e. The van der Waals surface area contributed by atoms with Crippen molar-refractivity contribution in [3.8, 4) is 0 Å². The number of ether oxygens (including phenoxy) is 1. The summed E-state index contributed by atoms with van der Waals surface area (Å²) >= 11 is 0. The lowest BCUT2D eigenvalue weighted by Gasteiger charge is -2.20. The predicted molar refractivity (Wildman–Crippen MR) is 109 cm³/mol. The number of rotatable bonds is 7. The maximum absolute atomic E-state index is 13.5. The molecule has 0 saturated carbocycles. The van der Waals surface area contributed by atoms with Gasteiger partial charge in [-0.2, -0.15) is 0 Å². The number of esters is 1. The van der Waals surface area contributed by atoms with Crippen LogP contribution in [0, 0.1) is 5.82 Å². The molecule has 0 unspecified atom stereocenters. The molecule has 6 nitrogen and oxygen atoms in total. The van der Waals surface area contributed by atoms with Crippen LogP contribution in [0.25, 0.3) is 0 Å². The zero-order chi connectivity index (χ0) is 21.5. The van der Waals surface area contributed by atoms with Crippen LogP contribution in [-0.2, 0) is 27.2 Å². The van der Waals surface area contributed by atoms with Crippen LogP contribution in [0.3, 0.4) is 0 Å². The van der Waals surface area contributed by atoms with Gasteiger partial charge in [0.2, 0.25) is 0 Å². The minimum atomic E-state index is -0.781. The molecule has 0 aliphatic heterocycles. The zero-order valence-corrected chi connectivity index (χ0v) is 16.9. The lowest BCUT2D eigenvalue weighted by Crippen LogP contribution is -2.35. The van der Waals surface area contributed by atoms with Crippen molar-refractivity contribution in [3.63, 3.8) is 0 Å². The van der Waals surface area contributed by atoms with E-state index in [9.17, 15) is 18.8 Å². The van der Waals surface area contributed by atoms with E-state index in [0.29, 0.717) is 0 Å². The van der Waals surface area contributed by atoms with Gasteiger partial charge in [0.25, 0.3) is 11.8 Å². The van der Waals surface area contributed by atoms with Crippen molar-refractivity contribution >= 4 is 17.8 Å². The molecule has 2 aromatic rings. The average Bonchev–Trinajstić information content (AvgIpc) is 2.76. The molecular formula is C23H25FN2O4. The SMILES string of the molecule is C[C@@H](NC(=O)COC(=O)CNC(=O)c1ccccc1F)c1ccc2c(c1)CCCC2. The summed E-state index contributed by atoms with van der Waals surface area (Å²) in [6.07, 6.45) is 4.55. The van der Waals surface area contributed by atoms with Gasteiger partial charge in [-0.25, -0.2) is 4.39 Å². The third kappa shape index (κ3) is 5.65. The van der Waals surface area contributed by atoms with Gasteiger partial charge < -0.3 is 15.4 Å². The van der Waals surface area contributed by atoms with Crippen molar-refractivity contribution < 1.29 is 23.5 Å². The van der Waals surface area contributed by atoms with E-state index >= 15 is 0 Å². The molecule has 0 bridgehead atoms. The smallest absolute Gasteiger partial charge is 0.325 e. The summed E-state index contributed by atoms with van der Waals surface area (Å²) in [7, 11) is 0. The number of fused-ring (bicyclic) bond motifs is 1. The Hall–Kier alpha value is -3.22. The van der Waals surface area contributed by atoms with Crippen molar-refractivity contribution in [3.05, 3.63) is 70.5 Å². The topological polar surface area (TPSA) is 84.5 Å². The van der Waals surface area contributed by atoms with E-state index in [1.165, 1.54) is 42.2 Å². The molecule has 0 heterocycles. The first-order valence-electron chi connectivity index (χ1n) is 10.0. The van der Waals surface area contributed by atoms with E-state index in [-0.39, 0.29) is 11.6 Å². The van der Waals surface area contributed by atoms with Crippen LogP contribution in [-0.4, -0.2) is 30.9 Å². The minimum absolute atomic E-state index is 0.165. The van der Waals surface area contributed by atoms with Crippen molar-refractivity contribution in [1.82, 2.24) is 10.6 Å². The fraction of sp³-hybridized carbons (Fsp3) is 0.348. The molecule has 158 valence electrons. The summed E-state index contributed by atoms with van der Waals surface area (Å²) in [5, 5.41) is 5.08. The van der Waals surface area contributed by atoms with Gasteiger partial charge >= 0.3 is 5.97 Å². The van der Waals surface area contributed by atoms with Gasteiger partial charge in [-0.3, -0.25) is 14.4 Å². The molecule has 1 atom stereocenters. The average molecular weight is 412 g/mol. The first-order valence-corrected chi connectivity index (χ1v) is 10.0. The van der Waals surface area contributed by atoms with Gasteiger partial charge in [0, 0.05) is 0 Å². The molecule has 3 rings (SSSR count). The van der Waals surface area contributed by atoms with Crippen molar-refractivity contribution in [2.24, 2.45) is 0 Å². The third-order valence-electron chi connectivity index (χ3n) is 5.13. The quantitative estimate of drug-likeness (QED) is 0.685. The van der Waals surface area contributed by atoms with E-state index in [0.717, 1.165) is 24.5 Å². The number of hydrogen-bond donors (Lipinski definition) is 2. The lowest BCUT2D eigenvalue weighted by molar-refractivity contribution is -0.147. The highest BCUT2D eigenvalue weighted by molar-refractivity contribution is 5.96. The van der Waals surface area contributed by atoms with E-state index in [1.54, 1.807) is 0 Å². The van der Waals surface area contributed by atoms with Gasteiger partial charge in [-0.1, -0.05) is 30.3 Å². The number of aryl methyl sites for hydroxylation is 2. The molecule has 0 saturated heterocycles. The molecule has 0 radical (unpaired) electrons. The molecular weight excluding hydrogens is 387 g/mol. The number of carbonyl (C=O) groups is 3. The van der Waals surface area contributed by atoms with Crippen LogP contribution >= 0.6 is 0 Å². The number of benzene rings is 2. The molecule has 1 aliphatic rings. The van der Waals surface area contributed by atoms with Crippen LogP contribution in [0.4, 0.5) is 4.39 Å². The molecule has 1 aliphatic carbocycles. The maximum Gasteiger partial charge on any atom is 0.325 e. The molecule has 0 spiro atoms. The van der Waals surface area contributed by atoms with Crippen LogP contribution in [0.5, 0.6) is 0 Å². The highest BCUT2D eigenvalue weighted by Gasteiger charge is 2.16. The van der Waals surface area contributed by atoms with Gasteiger partial charge in [0.1, 0.15) is 12.4 Å². The standard InChI is InChI=1S/C23H25FN2O4/c1-15(17-11-10-16-6-2-3-7-18(16)12-17)26-21(27)14-30-22(28)13-25-23(29)19-8-4-5-9-20(19)24/h4-5,8-12,15H,2-3,6-7,13-14H2,1H3,(H,25,29)(H,26,27)/t15-/m1/s1. The Labute approximate surface area is 174 Å². The number of hydrogen-bond acceptors (Lipinski definition) is 4. The monoisotopic (exact) mass is 412 g/mol. The molecule has 2 N–H and O–H groups in total. The predicted octanol–water partition coefficient (Wildman–Crippen LogP) is 2.85. The van der Waals surface area contributed by atoms with E-state index in [1.807, 2.05) is 13.0 Å². The van der Waals surface area contributed by atoms with Gasteiger partial charge in [0.05, 0.1) is 11.6 Å². The number of amides is 2. The number of halogens is 1. The first-order chi connectivity index (χ1) is 14.4. The zero-order valence-electron chi connectivity index (χ0n) is 16.9. The van der Waals surface area contributed by atoms with Crippen LogP contribution in [0.15, 0.2) is 42.5 Å². The number of nitrogens with one attached hydrogen (secondary N) is 2. The van der Waals surface area contributed by atoms with Crippen molar-refractivity contribution in [2.75, 3.05) is 13.2 Å². The van der Waals surface area contributed by atoms with Crippen LogP contribution in [0.1, 0.15) is 52.9 Å². The van der Waals surface area contributed by atoms with Gasteiger partial charge in [-0.05, 0) is 61.4 Å². The van der Waals surface area contributed by atoms with Crippen molar-refractivity contribution in [1.29, 1.82) is 0 Å². The Morgan fingerprint density at radius 1 is 1.07 bits per heavy atom. The van der Waals surface area contributed by atoms with E-state index in [4.69, 9.17) is 4.74 Å². The Morgan fingerprint density at radius 3 is 2.57 bits per heavy atom. The van der Waals surface area contributed by atoms with Crippen LogP contribution < -0.4 is 10.6 Å². The second-order valence-corrected chi connectivity index (χ2v) is 7.35. The summed E-state index contributed by atoms with van der Waals surface area (Å²) in [6, 6.07) is 11.5. The maximum atomic E-state index is 13.5. The van der Waals surface area contributed by atoms with Gasteiger partial charge in [-0.15, -0.1) is 0 Å². The third-order valence-corrected chi connectivity index (χ3v) is 5.13. The van der Waals surface area contributed by atoms with Crippen molar-refractivity contribution in [2.45, 2.75) is 38.6 Å². The van der Waals surface area contributed by atoms with Gasteiger partial charge in [0.15, 0.2) is 6.61 Å². The molecule has 2 amide bonds. The second kappa shape index (κ2) is 10.0. The summed E-state index contributed by atoms with van der Waals surface area (Å²) < 4.78 is 18.4. The summed E-state index contributed by atoms with van der Waals surface area (Å²) in [5.74, 6) is -2.63. The molecule has 30 heavy (non-hydrogen) atoms. The Balaban J connectivity index is 1.42. The fourth-order valence-corrected chi connectivity index (χ4v) is 3.48. The Kier molecular flexibility index (Phi) is 7.17. The summed E-state index contributed by atoms with van der Waals surface area (Å²) in [4.78, 5) is 35.7. The molecule has 7 heteroatoms. The van der Waals surface area contributed by atoms with E-state index in [2.05, 4.69) is 22.8 Å². The minimum Gasteiger partial charge on any atom is -0.454 e. The Morgan fingerprint density at radius 2 is 1.80 bits per heavy atom. The fourth-order valence-electron chi connectivity index (χ4n) is 3.48. The normalized spacial score (nSPS) is 13.7. The van der Waals surface area contributed by atoms with Crippen LogP contribution in [0.2, 0.25) is 0 Å². The summed E-state index contributed by atoms with van der Waals surface area (Å²) in [5.41, 5.74) is 3.54. The first kappa shape index (κ1) is 21.5. The summed E-state index contributed by atoms with van der Waals surface area (Å²) in [6.45, 7) is 0.962. The Bertz CT molecular complexity index is 945. The highest BCUT2D eigenvalue weighted by Crippen LogP contribution is 2.24. The number of carbonyl (C=O) groups excluding carboxylic acids is 3. The molecule has 2 aromatic carbocycles.